The summed E-state index contributed by atoms with van der Waals surface area (Å²) in [6.07, 6.45) is 0. The number of ether oxygens (including phenoxy) is 1. The zero-order chi connectivity index (χ0) is 10.3. The minimum Gasteiger partial charge on any atom is -0.505 e. The summed E-state index contributed by atoms with van der Waals surface area (Å²) < 4.78 is 24.4. The second-order valence-electron chi connectivity index (χ2n) is 2.81. The smallest absolute Gasteiger partial charge is 0.378 e. The highest BCUT2D eigenvalue weighted by atomic mass is 32.2. The van der Waals surface area contributed by atoms with Crippen molar-refractivity contribution < 1.29 is 32.3 Å². The van der Waals surface area contributed by atoms with Crippen LogP contribution in [-0.2, 0) is 29.3 Å². The Morgan fingerprint density at radius 2 is 1.86 bits per heavy atom. The lowest BCUT2D eigenvalue weighted by Crippen LogP contribution is -2.46. The second-order valence-corrected chi connectivity index (χ2v) is 3.69. The summed E-state index contributed by atoms with van der Waals surface area (Å²) in [6.45, 7) is -0.636. The number of esters is 1. The Bertz CT molecular complexity index is 336. The molecule has 1 saturated heterocycles. The lowest BCUT2D eigenvalue weighted by molar-refractivity contribution is -0.158. The van der Waals surface area contributed by atoms with Gasteiger partial charge in [-0.1, -0.05) is 0 Å². The van der Waals surface area contributed by atoms with Crippen LogP contribution in [0.3, 0.4) is 0 Å². The first-order chi connectivity index (χ1) is 6.55. The van der Waals surface area contributed by atoms with Crippen molar-refractivity contribution in [2.24, 2.45) is 0 Å². The van der Waals surface area contributed by atoms with E-state index in [9.17, 15) is 14.1 Å². The van der Waals surface area contributed by atoms with Gasteiger partial charge in [0, 0.05) is 0 Å². The molecule has 1 fully saturated rings. The fourth-order valence-electron chi connectivity index (χ4n) is 1.14. The lowest BCUT2D eigenvalue weighted by Gasteiger charge is -2.29. The zero-order valence-electron chi connectivity index (χ0n) is 6.76. The van der Waals surface area contributed by atoms with Crippen molar-refractivity contribution in [3.63, 3.8) is 0 Å². The van der Waals surface area contributed by atoms with Crippen molar-refractivity contribution in [3.8, 4) is 0 Å². The molecular formula is C6H6O7S. The Balaban J connectivity index is 2.27. The Labute approximate surface area is 80.7 Å². The van der Waals surface area contributed by atoms with Crippen LogP contribution in [0.25, 0.3) is 0 Å². The fraction of sp³-hybridized carbons (Fsp3) is 0.500. The van der Waals surface area contributed by atoms with Crippen LogP contribution in [0, 0.1) is 0 Å². The summed E-state index contributed by atoms with van der Waals surface area (Å²) in [5.74, 6) is -2.58. The molecule has 2 N–H and O–H groups in total. The first kappa shape index (κ1) is 9.44. The maximum atomic E-state index is 10.9. The van der Waals surface area contributed by atoms with Crippen LogP contribution in [0.2, 0.25) is 0 Å². The Hall–Kier alpha value is -1.12. The van der Waals surface area contributed by atoms with Gasteiger partial charge in [-0.3, -0.25) is 8.37 Å². The molecule has 8 heteroatoms. The van der Waals surface area contributed by atoms with Crippen LogP contribution in [0.1, 0.15) is 0 Å². The largest absolute Gasteiger partial charge is 0.505 e. The van der Waals surface area contributed by atoms with E-state index in [1.807, 2.05) is 0 Å². The number of carbonyl (C=O) groups is 1. The Morgan fingerprint density at radius 1 is 1.29 bits per heavy atom. The van der Waals surface area contributed by atoms with E-state index in [4.69, 9.17) is 5.11 Å². The number of hydrogen-bond donors (Lipinski definition) is 2. The van der Waals surface area contributed by atoms with Gasteiger partial charge in [-0.15, -0.1) is 0 Å². The third kappa shape index (κ3) is 1.19. The van der Waals surface area contributed by atoms with Crippen LogP contribution in [0.5, 0.6) is 0 Å². The summed E-state index contributed by atoms with van der Waals surface area (Å²) in [7, 11) is 0. The van der Waals surface area contributed by atoms with E-state index in [0.717, 1.165) is 0 Å². The fourth-order valence-corrected chi connectivity index (χ4v) is 1.79. The molecule has 7 nitrogen and oxygen atoms in total. The molecule has 0 aliphatic carbocycles. The molecule has 0 aromatic heterocycles. The molecule has 1 spiro atoms. The second kappa shape index (κ2) is 2.94. The summed E-state index contributed by atoms with van der Waals surface area (Å²) in [5.41, 5.74) is -1.55. The molecule has 0 bridgehead atoms. The monoisotopic (exact) mass is 222 g/mol. The first-order valence-electron chi connectivity index (χ1n) is 3.59. The van der Waals surface area contributed by atoms with Crippen molar-refractivity contribution in [3.05, 3.63) is 11.5 Å². The van der Waals surface area contributed by atoms with Gasteiger partial charge >= 0.3 is 17.3 Å². The highest BCUT2D eigenvalue weighted by Gasteiger charge is 2.52. The zero-order valence-corrected chi connectivity index (χ0v) is 7.57. The predicted molar refractivity (Wildman–Crippen MR) is 41.2 cm³/mol. The van der Waals surface area contributed by atoms with Crippen LogP contribution in [0.15, 0.2) is 11.5 Å². The predicted octanol–water partition coefficient (Wildman–Crippen LogP) is -0.765. The van der Waals surface area contributed by atoms with Gasteiger partial charge in [0.2, 0.25) is 11.4 Å². The first-order valence-corrected chi connectivity index (χ1v) is 4.59. The topological polar surface area (TPSA) is 102 Å². The van der Waals surface area contributed by atoms with E-state index in [2.05, 4.69) is 13.1 Å². The molecule has 0 unspecified atom stereocenters. The molecule has 2 aliphatic heterocycles. The van der Waals surface area contributed by atoms with Gasteiger partial charge in [-0.2, -0.15) is 4.21 Å². The normalized spacial score (nSPS) is 37.7. The lowest BCUT2D eigenvalue weighted by atomic mass is 10.1. The number of rotatable bonds is 0. The molecule has 14 heavy (non-hydrogen) atoms. The van der Waals surface area contributed by atoms with Gasteiger partial charge < -0.3 is 14.9 Å². The molecule has 2 rings (SSSR count). The van der Waals surface area contributed by atoms with Crippen LogP contribution in [0.4, 0.5) is 0 Å². The molecule has 0 aromatic carbocycles. The Morgan fingerprint density at radius 3 is 2.29 bits per heavy atom. The summed E-state index contributed by atoms with van der Waals surface area (Å²) >= 11 is -1.91. The minimum atomic E-state index is -1.91. The maximum absolute atomic E-state index is 10.9. The van der Waals surface area contributed by atoms with Crippen LogP contribution < -0.4 is 0 Å². The average molecular weight is 222 g/mol. The Kier molecular flexibility index (Phi) is 1.98. The minimum absolute atomic E-state index is 0.318. The summed E-state index contributed by atoms with van der Waals surface area (Å²) in [6, 6.07) is 0. The van der Waals surface area contributed by atoms with E-state index < -0.39 is 34.5 Å². The molecular weight excluding hydrogens is 216 g/mol. The highest BCUT2D eigenvalue weighted by molar-refractivity contribution is 7.75. The quantitative estimate of drug-likeness (QED) is 0.519. The molecule has 0 saturated carbocycles. The van der Waals surface area contributed by atoms with E-state index in [0.29, 0.717) is 0 Å². The van der Waals surface area contributed by atoms with E-state index >= 15 is 0 Å². The number of carbonyl (C=O) groups excluding carboxylic acids is 1. The van der Waals surface area contributed by atoms with Gasteiger partial charge in [0.1, 0.15) is 13.2 Å². The van der Waals surface area contributed by atoms with Gasteiger partial charge in [-0.05, 0) is 0 Å². The van der Waals surface area contributed by atoms with Crippen LogP contribution >= 0.6 is 0 Å². The van der Waals surface area contributed by atoms with E-state index in [1.165, 1.54) is 0 Å². The van der Waals surface area contributed by atoms with E-state index in [1.54, 1.807) is 0 Å². The number of aliphatic hydroxyl groups is 2. The molecule has 78 valence electrons. The molecule has 0 radical (unpaired) electrons. The SMILES string of the molecule is O=C1OC2(COS(=O)OC2)C(O)=C1O. The highest BCUT2D eigenvalue weighted by Crippen LogP contribution is 2.33. The number of aliphatic hydroxyl groups excluding tert-OH is 2. The third-order valence-electron chi connectivity index (χ3n) is 1.91. The molecule has 2 aliphatic rings. The van der Waals surface area contributed by atoms with Crippen LogP contribution in [-0.4, -0.2) is 39.2 Å². The van der Waals surface area contributed by atoms with Gasteiger partial charge in [0.25, 0.3) is 0 Å². The van der Waals surface area contributed by atoms with Crippen molar-refractivity contribution >= 4 is 17.3 Å². The van der Waals surface area contributed by atoms with Gasteiger partial charge in [0.05, 0.1) is 0 Å². The van der Waals surface area contributed by atoms with Crippen molar-refractivity contribution in [2.75, 3.05) is 13.2 Å². The average Bonchev–Trinajstić information content (AvgIpc) is 2.37. The molecule has 0 aromatic rings. The van der Waals surface area contributed by atoms with Crippen molar-refractivity contribution in [2.45, 2.75) is 5.60 Å². The molecule has 0 amide bonds. The summed E-state index contributed by atoms with van der Waals surface area (Å²) in [4.78, 5) is 10.9. The van der Waals surface area contributed by atoms with Crippen molar-refractivity contribution in [1.82, 2.24) is 0 Å². The maximum Gasteiger partial charge on any atom is 0.378 e. The van der Waals surface area contributed by atoms with Gasteiger partial charge in [-0.25, -0.2) is 4.79 Å². The van der Waals surface area contributed by atoms with E-state index in [-0.39, 0.29) is 13.2 Å². The third-order valence-corrected chi connectivity index (χ3v) is 2.53. The molecule has 2 heterocycles. The van der Waals surface area contributed by atoms with Gasteiger partial charge in [0.15, 0.2) is 5.76 Å². The molecule has 0 atom stereocenters. The standard InChI is InChI=1S/C6H6O7S/c7-3-4(8)6(13-5(3)9)1-11-14(10)12-2-6/h7-8H,1-2H2. The number of hydrogen-bond acceptors (Lipinski definition) is 7. The summed E-state index contributed by atoms with van der Waals surface area (Å²) in [5, 5.41) is 18.4. The van der Waals surface area contributed by atoms with Crippen molar-refractivity contribution in [1.29, 1.82) is 0 Å².